The highest BCUT2D eigenvalue weighted by atomic mass is 16.5. The van der Waals surface area contributed by atoms with Gasteiger partial charge in [-0.3, -0.25) is 24.0 Å². The highest BCUT2D eigenvalue weighted by molar-refractivity contribution is 5.98. The smallest absolute Gasteiger partial charge is 0.312 e. The third kappa shape index (κ3) is 15.4. The largest absolute Gasteiger partial charge is 0.460 e. The van der Waals surface area contributed by atoms with Crippen molar-refractivity contribution < 1.29 is 33.5 Å². The quantitative estimate of drug-likeness (QED) is 0.107. The number of anilines is 1. The van der Waals surface area contributed by atoms with Crippen LogP contribution in [-0.4, -0.2) is 60.8 Å². The monoisotopic (exact) mass is 618 g/mol. The Morgan fingerprint density at radius 3 is 2.05 bits per heavy atom. The lowest BCUT2D eigenvalue weighted by Crippen LogP contribution is -2.54. The van der Waals surface area contributed by atoms with Gasteiger partial charge >= 0.3 is 12.0 Å². The number of benzene rings is 1. The molecule has 0 radical (unpaired) electrons. The molecule has 2 atom stereocenters. The third-order valence-corrected chi connectivity index (χ3v) is 6.55. The number of hydrogen-bond donors (Lipinski definition) is 6. The second kappa shape index (κ2) is 19.2. The molecular formula is C31H50N6O7. The van der Waals surface area contributed by atoms with Crippen LogP contribution in [0.15, 0.2) is 24.3 Å². The van der Waals surface area contributed by atoms with Crippen molar-refractivity contribution in [1.29, 1.82) is 0 Å². The molecule has 0 saturated heterocycles. The molecule has 13 nitrogen and oxygen atoms in total. The number of carbonyl (C=O) groups excluding carboxylic acids is 6. The molecule has 0 aliphatic rings. The molecule has 44 heavy (non-hydrogen) atoms. The van der Waals surface area contributed by atoms with Gasteiger partial charge in [0.1, 0.15) is 18.7 Å². The average Bonchev–Trinajstić information content (AvgIpc) is 2.95. The number of unbranched alkanes of at least 4 members (excludes halogenated alkanes) is 1. The molecule has 13 heteroatoms. The summed E-state index contributed by atoms with van der Waals surface area (Å²) in [5.41, 5.74) is 5.72. The first-order chi connectivity index (χ1) is 20.6. The van der Waals surface area contributed by atoms with Gasteiger partial charge in [0, 0.05) is 31.6 Å². The van der Waals surface area contributed by atoms with E-state index in [0.29, 0.717) is 37.9 Å². The molecule has 0 heterocycles. The number of hydrogen-bond acceptors (Lipinski definition) is 7. The van der Waals surface area contributed by atoms with Crippen LogP contribution in [0, 0.1) is 11.3 Å². The van der Waals surface area contributed by atoms with Crippen LogP contribution in [0.3, 0.4) is 0 Å². The van der Waals surface area contributed by atoms with Gasteiger partial charge in [-0.15, -0.1) is 0 Å². The predicted octanol–water partition coefficient (Wildman–Crippen LogP) is 2.49. The Kier molecular flexibility index (Phi) is 16.5. The van der Waals surface area contributed by atoms with Gasteiger partial charge in [-0.25, -0.2) is 4.79 Å². The molecule has 0 aromatic heterocycles. The van der Waals surface area contributed by atoms with Gasteiger partial charge in [0.15, 0.2) is 0 Å². The number of nitrogens with two attached hydrogens (primary N) is 1. The van der Waals surface area contributed by atoms with Crippen LogP contribution in [0.2, 0.25) is 0 Å². The second-order valence-corrected chi connectivity index (χ2v) is 12.0. The van der Waals surface area contributed by atoms with Crippen LogP contribution in [0.1, 0.15) is 85.6 Å². The van der Waals surface area contributed by atoms with Gasteiger partial charge in [0.05, 0.1) is 5.41 Å². The molecule has 0 fully saturated rings. The summed E-state index contributed by atoms with van der Waals surface area (Å²) in [5, 5.41) is 13.5. The van der Waals surface area contributed by atoms with Crippen LogP contribution in [-0.2, 0) is 35.3 Å². The first-order valence-electron chi connectivity index (χ1n) is 15.1. The first-order valence-corrected chi connectivity index (χ1v) is 15.1. The molecule has 0 spiro atoms. The summed E-state index contributed by atoms with van der Waals surface area (Å²) < 4.78 is 5.32. The zero-order valence-electron chi connectivity index (χ0n) is 26.8. The second-order valence-electron chi connectivity index (χ2n) is 12.0. The van der Waals surface area contributed by atoms with Crippen molar-refractivity contribution in [3.8, 4) is 0 Å². The Bertz CT molecular complexity index is 1120. The van der Waals surface area contributed by atoms with Crippen molar-refractivity contribution in [1.82, 2.24) is 21.3 Å². The minimum Gasteiger partial charge on any atom is -0.460 e. The minimum atomic E-state index is -0.968. The fourth-order valence-corrected chi connectivity index (χ4v) is 3.87. The fourth-order valence-electron chi connectivity index (χ4n) is 3.87. The lowest BCUT2D eigenvalue weighted by atomic mass is 9.97. The Morgan fingerprint density at radius 2 is 1.48 bits per heavy atom. The van der Waals surface area contributed by atoms with Gasteiger partial charge in [-0.2, -0.15) is 0 Å². The maximum absolute atomic E-state index is 13.3. The molecular weight excluding hydrogens is 568 g/mol. The van der Waals surface area contributed by atoms with E-state index in [1.807, 2.05) is 0 Å². The van der Waals surface area contributed by atoms with Crippen LogP contribution in [0.25, 0.3) is 0 Å². The molecule has 1 unspecified atom stereocenters. The number of ether oxygens (including phenoxy) is 1. The molecule has 0 aliphatic carbocycles. The van der Waals surface area contributed by atoms with Gasteiger partial charge in [0.2, 0.25) is 23.6 Å². The van der Waals surface area contributed by atoms with Crippen LogP contribution in [0.5, 0.6) is 0 Å². The SMILES string of the molecule is CCC(=O)NCCCCC(=O)NC(C(=O)N[C@H](CCCNC(N)=O)C(=O)Nc1ccc(COC(=O)C(C)(C)C)cc1)C(C)C. The van der Waals surface area contributed by atoms with E-state index in [2.05, 4.69) is 26.6 Å². The maximum atomic E-state index is 13.3. The van der Waals surface area contributed by atoms with E-state index in [4.69, 9.17) is 10.5 Å². The fraction of sp³-hybridized carbons (Fsp3) is 0.613. The summed E-state index contributed by atoms with van der Waals surface area (Å²) in [6, 6.07) is 4.23. The number of amides is 6. The van der Waals surface area contributed by atoms with Crippen molar-refractivity contribution in [2.75, 3.05) is 18.4 Å². The Morgan fingerprint density at radius 1 is 0.841 bits per heavy atom. The van der Waals surface area contributed by atoms with E-state index in [1.54, 1.807) is 65.8 Å². The van der Waals surface area contributed by atoms with Gasteiger partial charge in [0.25, 0.3) is 0 Å². The highest BCUT2D eigenvalue weighted by Crippen LogP contribution is 2.18. The van der Waals surface area contributed by atoms with Crippen molar-refractivity contribution in [2.24, 2.45) is 17.1 Å². The lowest BCUT2D eigenvalue weighted by molar-refractivity contribution is -0.154. The Labute approximate surface area is 260 Å². The minimum absolute atomic E-state index is 0.0501. The Balaban J connectivity index is 2.83. The average molecular weight is 619 g/mol. The van der Waals surface area contributed by atoms with Gasteiger partial charge in [-0.1, -0.05) is 32.9 Å². The summed E-state index contributed by atoms with van der Waals surface area (Å²) >= 11 is 0. The predicted molar refractivity (Wildman–Crippen MR) is 167 cm³/mol. The number of primary amides is 1. The normalized spacial score (nSPS) is 12.4. The van der Waals surface area contributed by atoms with Crippen LogP contribution >= 0.6 is 0 Å². The van der Waals surface area contributed by atoms with Crippen molar-refractivity contribution in [3.63, 3.8) is 0 Å². The van der Waals surface area contributed by atoms with E-state index in [-0.39, 0.29) is 49.7 Å². The first kappa shape index (κ1) is 37.9. The summed E-state index contributed by atoms with van der Waals surface area (Å²) in [6.07, 6.45) is 2.30. The maximum Gasteiger partial charge on any atom is 0.312 e. The van der Waals surface area contributed by atoms with Gasteiger partial charge < -0.3 is 37.1 Å². The zero-order chi connectivity index (χ0) is 33.3. The van der Waals surface area contributed by atoms with E-state index in [9.17, 15) is 28.8 Å². The number of esters is 1. The molecule has 1 rings (SSSR count). The summed E-state index contributed by atoms with van der Waals surface area (Å²) in [6.45, 7) is 11.4. The number of urea groups is 1. The molecule has 0 bridgehead atoms. The topological polar surface area (TPSA) is 198 Å². The summed E-state index contributed by atoms with van der Waals surface area (Å²) in [4.78, 5) is 73.5. The molecule has 1 aromatic carbocycles. The van der Waals surface area contributed by atoms with Crippen LogP contribution < -0.4 is 32.3 Å². The van der Waals surface area contributed by atoms with Crippen molar-refractivity contribution >= 4 is 41.3 Å². The van der Waals surface area contributed by atoms with Gasteiger partial charge in [-0.05, 0) is 70.1 Å². The molecule has 0 saturated carbocycles. The van der Waals surface area contributed by atoms with Crippen LogP contribution in [0.4, 0.5) is 10.5 Å². The zero-order valence-corrected chi connectivity index (χ0v) is 26.8. The number of carbonyl (C=O) groups is 6. The Hall–Kier alpha value is -4.16. The summed E-state index contributed by atoms with van der Waals surface area (Å²) in [7, 11) is 0. The molecule has 246 valence electrons. The number of rotatable bonds is 18. The molecule has 7 N–H and O–H groups in total. The van der Waals surface area contributed by atoms with E-state index < -0.39 is 35.3 Å². The summed E-state index contributed by atoms with van der Waals surface area (Å²) in [5.74, 6) is -1.93. The van der Waals surface area contributed by atoms with E-state index in [1.165, 1.54) is 0 Å². The lowest BCUT2D eigenvalue weighted by Gasteiger charge is -2.25. The number of nitrogens with one attached hydrogen (secondary N) is 5. The van der Waals surface area contributed by atoms with Crippen molar-refractivity contribution in [2.45, 2.75) is 98.8 Å². The third-order valence-electron chi connectivity index (χ3n) is 6.55. The highest BCUT2D eigenvalue weighted by Gasteiger charge is 2.29. The van der Waals surface area contributed by atoms with E-state index in [0.717, 1.165) is 5.56 Å². The molecule has 1 aromatic rings. The standard InChI is InChI=1S/C31H50N6O7/c1-7-24(38)33-17-9-8-12-25(39)37-26(20(2)3)28(41)36-23(11-10-18-34-30(32)43)27(40)35-22-15-13-21(14-16-22)19-44-29(42)31(4,5)6/h13-16,20,23,26H,7-12,17-19H2,1-6H3,(H,33,38)(H,35,40)(H,36,41)(H,37,39)(H3,32,34,43)/t23-,26?/m1/s1. The molecule has 6 amide bonds. The van der Waals surface area contributed by atoms with Crippen molar-refractivity contribution in [3.05, 3.63) is 29.8 Å². The van der Waals surface area contributed by atoms with E-state index >= 15 is 0 Å². The molecule has 0 aliphatic heterocycles.